The van der Waals surface area contributed by atoms with Gasteiger partial charge in [0.15, 0.2) is 0 Å². The van der Waals surface area contributed by atoms with Gasteiger partial charge < -0.3 is 20.4 Å². The van der Waals surface area contributed by atoms with Crippen LogP contribution in [-0.4, -0.2) is 38.6 Å². The number of nitrogens with one attached hydrogen (secondary N) is 3. The van der Waals surface area contributed by atoms with Gasteiger partial charge in [0, 0.05) is 24.5 Å². The summed E-state index contributed by atoms with van der Waals surface area (Å²) in [7, 11) is 0. The number of carbonyl (C=O) groups is 1. The van der Waals surface area contributed by atoms with Gasteiger partial charge in [-0.05, 0) is 12.1 Å². The SMILES string of the molecule is O=C(NC(CO)Cc1cnc[nH]1)c1ccc[nH]1. The van der Waals surface area contributed by atoms with Crippen LogP contribution in [-0.2, 0) is 6.42 Å². The summed E-state index contributed by atoms with van der Waals surface area (Å²) in [6.45, 7) is -0.120. The molecule has 1 unspecified atom stereocenters. The molecule has 1 amide bonds. The molecule has 0 aromatic carbocycles. The molecular weight excluding hydrogens is 220 g/mol. The van der Waals surface area contributed by atoms with Gasteiger partial charge in [0.25, 0.3) is 5.91 Å². The summed E-state index contributed by atoms with van der Waals surface area (Å²) in [6.07, 6.45) is 5.43. The molecule has 1 atom stereocenters. The first-order chi connectivity index (χ1) is 8.29. The lowest BCUT2D eigenvalue weighted by Crippen LogP contribution is -2.39. The zero-order valence-corrected chi connectivity index (χ0v) is 9.18. The summed E-state index contributed by atoms with van der Waals surface area (Å²) >= 11 is 0. The molecule has 2 rings (SSSR count). The van der Waals surface area contributed by atoms with Crippen molar-refractivity contribution < 1.29 is 9.90 Å². The minimum absolute atomic E-state index is 0.120. The number of amides is 1. The summed E-state index contributed by atoms with van der Waals surface area (Å²) in [6, 6.07) is 3.10. The lowest BCUT2D eigenvalue weighted by Gasteiger charge is -2.14. The molecule has 0 aliphatic heterocycles. The largest absolute Gasteiger partial charge is 0.394 e. The van der Waals surface area contributed by atoms with Crippen LogP contribution in [0.5, 0.6) is 0 Å². The van der Waals surface area contributed by atoms with Crippen molar-refractivity contribution >= 4 is 5.91 Å². The number of H-pyrrole nitrogens is 2. The van der Waals surface area contributed by atoms with Gasteiger partial charge >= 0.3 is 0 Å². The fourth-order valence-corrected chi connectivity index (χ4v) is 1.56. The van der Waals surface area contributed by atoms with Crippen LogP contribution in [0.2, 0.25) is 0 Å². The number of aromatic nitrogens is 3. The molecule has 0 aliphatic rings. The van der Waals surface area contributed by atoms with Gasteiger partial charge in [0.05, 0.1) is 19.0 Å². The zero-order chi connectivity index (χ0) is 12.1. The van der Waals surface area contributed by atoms with E-state index in [-0.39, 0.29) is 18.6 Å². The van der Waals surface area contributed by atoms with Crippen LogP contribution in [0.15, 0.2) is 30.9 Å². The van der Waals surface area contributed by atoms with E-state index in [9.17, 15) is 9.90 Å². The van der Waals surface area contributed by atoms with Crippen molar-refractivity contribution in [3.8, 4) is 0 Å². The third kappa shape index (κ3) is 2.94. The van der Waals surface area contributed by atoms with Gasteiger partial charge in [0.2, 0.25) is 0 Å². The van der Waals surface area contributed by atoms with E-state index in [1.54, 1.807) is 30.9 Å². The van der Waals surface area contributed by atoms with Gasteiger partial charge in [-0.3, -0.25) is 4.79 Å². The number of rotatable bonds is 5. The number of hydrogen-bond donors (Lipinski definition) is 4. The lowest BCUT2D eigenvalue weighted by atomic mass is 10.1. The minimum atomic E-state index is -0.328. The maximum atomic E-state index is 11.7. The molecule has 2 heterocycles. The first-order valence-corrected chi connectivity index (χ1v) is 5.32. The number of hydrogen-bond acceptors (Lipinski definition) is 3. The van der Waals surface area contributed by atoms with Gasteiger partial charge in [0.1, 0.15) is 5.69 Å². The maximum absolute atomic E-state index is 11.7. The predicted molar refractivity (Wildman–Crippen MR) is 61.4 cm³/mol. The van der Waals surface area contributed by atoms with Crippen molar-refractivity contribution in [1.29, 1.82) is 0 Å². The Hall–Kier alpha value is -2.08. The van der Waals surface area contributed by atoms with Crippen molar-refractivity contribution in [3.63, 3.8) is 0 Å². The minimum Gasteiger partial charge on any atom is -0.394 e. The molecule has 4 N–H and O–H groups in total. The molecule has 0 saturated carbocycles. The predicted octanol–water partition coefficient (Wildman–Crippen LogP) is 0.0712. The first-order valence-electron chi connectivity index (χ1n) is 5.32. The molecule has 6 nitrogen and oxygen atoms in total. The summed E-state index contributed by atoms with van der Waals surface area (Å²) in [4.78, 5) is 21.3. The van der Waals surface area contributed by atoms with Gasteiger partial charge in [-0.15, -0.1) is 0 Å². The molecule has 0 fully saturated rings. The third-order valence-electron chi connectivity index (χ3n) is 2.42. The highest BCUT2D eigenvalue weighted by Crippen LogP contribution is 2.00. The zero-order valence-electron chi connectivity index (χ0n) is 9.18. The van der Waals surface area contributed by atoms with Crippen LogP contribution >= 0.6 is 0 Å². The van der Waals surface area contributed by atoms with Crippen molar-refractivity contribution in [3.05, 3.63) is 42.2 Å². The Morgan fingerprint density at radius 2 is 2.41 bits per heavy atom. The van der Waals surface area contributed by atoms with Crippen molar-refractivity contribution in [2.75, 3.05) is 6.61 Å². The summed E-state index contributed by atoms with van der Waals surface area (Å²) in [5.41, 5.74) is 1.35. The second-order valence-electron chi connectivity index (χ2n) is 3.72. The monoisotopic (exact) mass is 234 g/mol. The van der Waals surface area contributed by atoms with E-state index in [0.717, 1.165) is 5.69 Å². The smallest absolute Gasteiger partial charge is 0.267 e. The van der Waals surface area contributed by atoms with E-state index in [1.807, 2.05) is 0 Å². The molecule has 2 aromatic rings. The average molecular weight is 234 g/mol. The fourth-order valence-electron chi connectivity index (χ4n) is 1.56. The Balaban J connectivity index is 1.93. The van der Waals surface area contributed by atoms with E-state index in [2.05, 4.69) is 20.3 Å². The van der Waals surface area contributed by atoms with Gasteiger partial charge in [-0.25, -0.2) is 4.98 Å². The average Bonchev–Trinajstić information content (AvgIpc) is 3.00. The van der Waals surface area contributed by atoms with Crippen LogP contribution in [0.3, 0.4) is 0 Å². The van der Waals surface area contributed by atoms with Crippen LogP contribution in [0.4, 0.5) is 0 Å². The molecule has 0 spiro atoms. The molecule has 17 heavy (non-hydrogen) atoms. The molecule has 0 bridgehead atoms. The second kappa shape index (κ2) is 5.31. The van der Waals surface area contributed by atoms with Crippen LogP contribution in [0, 0.1) is 0 Å². The molecule has 6 heteroatoms. The highest BCUT2D eigenvalue weighted by atomic mass is 16.3. The molecule has 0 saturated heterocycles. The number of carbonyl (C=O) groups excluding carboxylic acids is 1. The summed E-state index contributed by atoms with van der Waals surface area (Å²) in [5.74, 6) is -0.228. The number of aliphatic hydroxyl groups excluding tert-OH is 1. The quantitative estimate of drug-likeness (QED) is 0.589. The van der Waals surface area contributed by atoms with Crippen molar-refractivity contribution in [2.45, 2.75) is 12.5 Å². The first kappa shape index (κ1) is 11.4. The fraction of sp³-hybridized carbons (Fsp3) is 0.273. The topological polar surface area (TPSA) is 93.8 Å². The van der Waals surface area contributed by atoms with Crippen molar-refractivity contribution in [2.24, 2.45) is 0 Å². The normalized spacial score (nSPS) is 12.3. The van der Waals surface area contributed by atoms with Gasteiger partial charge in [-0.2, -0.15) is 0 Å². The molecule has 0 radical (unpaired) electrons. The van der Waals surface area contributed by atoms with Gasteiger partial charge in [-0.1, -0.05) is 0 Å². The van der Waals surface area contributed by atoms with E-state index in [1.165, 1.54) is 0 Å². The van der Waals surface area contributed by atoms with E-state index >= 15 is 0 Å². The highest BCUT2D eigenvalue weighted by molar-refractivity contribution is 5.92. The van der Waals surface area contributed by atoms with Crippen LogP contribution in [0.1, 0.15) is 16.2 Å². The Kier molecular flexibility index (Phi) is 3.56. The van der Waals surface area contributed by atoms with E-state index in [4.69, 9.17) is 0 Å². The van der Waals surface area contributed by atoms with Crippen LogP contribution < -0.4 is 5.32 Å². The Labute approximate surface area is 98.1 Å². The van der Waals surface area contributed by atoms with Crippen LogP contribution in [0.25, 0.3) is 0 Å². The third-order valence-corrected chi connectivity index (χ3v) is 2.42. The molecule has 90 valence electrons. The Bertz CT molecular complexity index is 450. The second-order valence-corrected chi connectivity index (χ2v) is 3.72. The van der Waals surface area contributed by atoms with Crippen molar-refractivity contribution in [1.82, 2.24) is 20.3 Å². The molecule has 0 aliphatic carbocycles. The number of imidazole rings is 1. The van der Waals surface area contributed by atoms with E-state index in [0.29, 0.717) is 12.1 Å². The molecule has 2 aromatic heterocycles. The number of aromatic amines is 2. The standard InChI is InChI=1S/C11H14N4O2/c16-6-9(4-8-5-12-7-14-8)15-11(17)10-2-1-3-13-10/h1-3,5,7,9,13,16H,4,6H2,(H,12,14)(H,15,17). The maximum Gasteiger partial charge on any atom is 0.267 e. The highest BCUT2D eigenvalue weighted by Gasteiger charge is 2.14. The van der Waals surface area contributed by atoms with E-state index < -0.39 is 0 Å². The Morgan fingerprint density at radius 3 is 3.00 bits per heavy atom. The number of nitrogens with zero attached hydrogens (tertiary/aromatic N) is 1. The lowest BCUT2D eigenvalue weighted by molar-refractivity contribution is 0.0912. The molecular formula is C11H14N4O2. The number of aliphatic hydroxyl groups is 1. The summed E-state index contributed by atoms with van der Waals surface area (Å²) in [5, 5.41) is 12.0. The summed E-state index contributed by atoms with van der Waals surface area (Å²) < 4.78 is 0. The Morgan fingerprint density at radius 1 is 1.53 bits per heavy atom.